The molecule has 2 heterocycles. The second-order valence-corrected chi connectivity index (χ2v) is 7.65. The maximum Gasteiger partial charge on any atom is 0.0442 e. The van der Waals surface area contributed by atoms with Crippen LogP contribution in [0.2, 0.25) is 0 Å². The van der Waals surface area contributed by atoms with Crippen molar-refractivity contribution in [3.05, 3.63) is 28.8 Å². The molecular weight excluding hydrogens is 230 g/mol. The molecule has 1 nitrogen and oxygen atoms in total. The molecule has 2 aliphatic heterocycles. The van der Waals surface area contributed by atoms with Crippen LogP contribution in [0.25, 0.3) is 0 Å². The van der Waals surface area contributed by atoms with Crippen LogP contribution in [-0.4, -0.2) is 13.1 Å². The Kier molecular flexibility index (Phi) is 2.75. The van der Waals surface area contributed by atoms with Crippen molar-refractivity contribution in [3.63, 3.8) is 0 Å². The molecule has 0 saturated heterocycles. The van der Waals surface area contributed by atoms with E-state index in [4.69, 9.17) is 0 Å². The second kappa shape index (κ2) is 4.01. The van der Waals surface area contributed by atoms with E-state index in [0.29, 0.717) is 10.8 Å². The molecule has 104 valence electrons. The standard InChI is InChI=1S/C18H27N/c1-6-13-11-14-16-15(12-13)18(4,5)8-10-19(16)9-7-17(14,2)3/h11-12H,6-10H2,1-5H3. The van der Waals surface area contributed by atoms with Gasteiger partial charge < -0.3 is 4.90 Å². The molecule has 1 aromatic rings. The van der Waals surface area contributed by atoms with Gasteiger partial charge in [-0.1, -0.05) is 46.8 Å². The van der Waals surface area contributed by atoms with Gasteiger partial charge in [-0.15, -0.1) is 0 Å². The Morgan fingerprint density at radius 3 is 1.84 bits per heavy atom. The zero-order chi connectivity index (χ0) is 13.8. The highest BCUT2D eigenvalue weighted by Gasteiger charge is 2.39. The molecule has 1 aromatic carbocycles. The number of benzene rings is 1. The van der Waals surface area contributed by atoms with Crippen LogP contribution < -0.4 is 4.90 Å². The van der Waals surface area contributed by atoms with Gasteiger partial charge in [0, 0.05) is 18.8 Å². The van der Waals surface area contributed by atoms with E-state index in [0.717, 1.165) is 6.42 Å². The minimum absolute atomic E-state index is 0.333. The first-order valence-electron chi connectivity index (χ1n) is 7.78. The van der Waals surface area contributed by atoms with E-state index in [-0.39, 0.29) is 0 Å². The molecule has 3 rings (SSSR count). The van der Waals surface area contributed by atoms with Gasteiger partial charge in [-0.05, 0) is 46.8 Å². The third kappa shape index (κ3) is 1.89. The SMILES string of the molecule is CCc1cc2c3c(c1)C(C)(C)CCN3CCC2(C)C. The topological polar surface area (TPSA) is 3.24 Å². The van der Waals surface area contributed by atoms with E-state index < -0.39 is 0 Å². The summed E-state index contributed by atoms with van der Waals surface area (Å²) in [5.74, 6) is 0. The normalized spacial score (nSPS) is 23.1. The van der Waals surface area contributed by atoms with E-state index in [1.807, 2.05) is 0 Å². The van der Waals surface area contributed by atoms with Crippen molar-refractivity contribution in [1.29, 1.82) is 0 Å². The van der Waals surface area contributed by atoms with Crippen LogP contribution in [0.4, 0.5) is 5.69 Å². The van der Waals surface area contributed by atoms with Gasteiger partial charge >= 0.3 is 0 Å². The molecule has 0 N–H and O–H groups in total. The molecule has 0 saturated carbocycles. The van der Waals surface area contributed by atoms with Crippen LogP contribution in [0.3, 0.4) is 0 Å². The van der Waals surface area contributed by atoms with Crippen molar-refractivity contribution in [3.8, 4) is 0 Å². The molecule has 0 atom stereocenters. The monoisotopic (exact) mass is 257 g/mol. The summed E-state index contributed by atoms with van der Waals surface area (Å²) in [7, 11) is 0. The Balaban J connectivity index is 2.29. The average Bonchev–Trinajstić information content (AvgIpc) is 2.36. The zero-order valence-electron chi connectivity index (χ0n) is 13.1. The number of rotatable bonds is 1. The highest BCUT2D eigenvalue weighted by atomic mass is 15.2. The van der Waals surface area contributed by atoms with Crippen LogP contribution in [0.5, 0.6) is 0 Å². The molecule has 0 spiro atoms. The molecule has 0 aromatic heterocycles. The number of anilines is 1. The summed E-state index contributed by atoms with van der Waals surface area (Å²) in [6.07, 6.45) is 3.71. The van der Waals surface area contributed by atoms with Crippen LogP contribution in [-0.2, 0) is 17.3 Å². The van der Waals surface area contributed by atoms with Crippen molar-refractivity contribution in [1.82, 2.24) is 0 Å². The second-order valence-electron chi connectivity index (χ2n) is 7.65. The molecule has 1 heteroatoms. The van der Waals surface area contributed by atoms with E-state index in [9.17, 15) is 0 Å². The predicted octanol–water partition coefficient (Wildman–Crippen LogP) is 4.42. The summed E-state index contributed by atoms with van der Waals surface area (Å²) < 4.78 is 0. The van der Waals surface area contributed by atoms with Gasteiger partial charge in [-0.3, -0.25) is 0 Å². The fraction of sp³-hybridized carbons (Fsp3) is 0.667. The van der Waals surface area contributed by atoms with Crippen molar-refractivity contribution in [2.24, 2.45) is 0 Å². The van der Waals surface area contributed by atoms with Crippen LogP contribution in [0.15, 0.2) is 12.1 Å². The highest BCUT2D eigenvalue weighted by molar-refractivity contribution is 5.68. The molecule has 0 bridgehead atoms. The lowest BCUT2D eigenvalue weighted by molar-refractivity contribution is 0.401. The minimum Gasteiger partial charge on any atom is -0.371 e. The maximum atomic E-state index is 2.64. The molecule has 2 aliphatic rings. The van der Waals surface area contributed by atoms with Crippen molar-refractivity contribution < 1.29 is 0 Å². The van der Waals surface area contributed by atoms with Gasteiger partial charge in [0.05, 0.1) is 0 Å². The Morgan fingerprint density at radius 2 is 1.42 bits per heavy atom. The highest BCUT2D eigenvalue weighted by Crippen LogP contribution is 2.49. The number of nitrogens with zero attached hydrogens (tertiary/aromatic N) is 1. The van der Waals surface area contributed by atoms with E-state index in [1.54, 1.807) is 16.8 Å². The van der Waals surface area contributed by atoms with E-state index >= 15 is 0 Å². The molecule has 19 heavy (non-hydrogen) atoms. The third-order valence-electron chi connectivity index (χ3n) is 5.37. The number of hydrogen-bond donors (Lipinski definition) is 0. The summed E-state index contributed by atoms with van der Waals surface area (Å²) in [4.78, 5) is 2.64. The van der Waals surface area contributed by atoms with E-state index in [2.05, 4.69) is 51.7 Å². The Labute approximate surface area is 118 Å². The van der Waals surface area contributed by atoms with Gasteiger partial charge in [-0.2, -0.15) is 0 Å². The number of aryl methyl sites for hydroxylation is 1. The van der Waals surface area contributed by atoms with Crippen LogP contribution in [0.1, 0.15) is 64.2 Å². The summed E-state index contributed by atoms with van der Waals surface area (Å²) >= 11 is 0. The van der Waals surface area contributed by atoms with Crippen molar-refractivity contribution >= 4 is 5.69 Å². The summed E-state index contributed by atoms with van der Waals surface area (Å²) in [5, 5.41) is 0. The predicted molar refractivity (Wildman–Crippen MR) is 83.3 cm³/mol. The minimum atomic E-state index is 0.333. The Hall–Kier alpha value is -0.980. The smallest absolute Gasteiger partial charge is 0.0442 e. The lowest BCUT2D eigenvalue weighted by atomic mass is 9.69. The first kappa shape index (κ1) is 13.0. The van der Waals surface area contributed by atoms with Crippen LogP contribution >= 0.6 is 0 Å². The lowest BCUT2D eigenvalue weighted by Gasteiger charge is -2.48. The van der Waals surface area contributed by atoms with Gasteiger partial charge in [0.25, 0.3) is 0 Å². The molecule has 0 unspecified atom stereocenters. The fourth-order valence-electron chi connectivity index (χ4n) is 3.70. The maximum absolute atomic E-state index is 2.64. The van der Waals surface area contributed by atoms with Gasteiger partial charge in [0.15, 0.2) is 0 Å². The van der Waals surface area contributed by atoms with Gasteiger partial charge in [-0.25, -0.2) is 0 Å². The average molecular weight is 257 g/mol. The number of hydrogen-bond acceptors (Lipinski definition) is 1. The molecule has 0 amide bonds. The fourth-order valence-corrected chi connectivity index (χ4v) is 3.70. The summed E-state index contributed by atoms with van der Waals surface area (Å²) in [6.45, 7) is 14.4. The quantitative estimate of drug-likeness (QED) is 0.720. The van der Waals surface area contributed by atoms with Crippen molar-refractivity contribution in [2.45, 2.75) is 64.7 Å². The molecule has 0 fully saturated rings. The third-order valence-corrected chi connectivity index (χ3v) is 5.37. The Morgan fingerprint density at radius 1 is 0.947 bits per heavy atom. The summed E-state index contributed by atoms with van der Waals surface area (Å²) in [5.41, 5.74) is 6.95. The molecular formula is C18H27N. The first-order chi connectivity index (χ1) is 8.85. The van der Waals surface area contributed by atoms with Gasteiger partial charge in [0.1, 0.15) is 0 Å². The summed E-state index contributed by atoms with van der Waals surface area (Å²) in [6, 6.07) is 4.96. The molecule has 0 radical (unpaired) electrons. The zero-order valence-corrected chi connectivity index (χ0v) is 13.1. The largest absolute Gasteiger partial charge is 0.371 e. The Bertz CT molecular complexity index is 469. The van der Waals surface area contributed by atoms with Gasteiger partial charge in [0.2, 0.25) is 0 Å². The lowest BCUT2D eigenvalue weighted by Crippen LogP contribution is -2.44. The first-order valence-corrected chi connectivity index (χ1v) is 7.78. The van der Waals surface area contributed by atoms with Crippen LogP contribution in [0, 0.1) is 0 Å². The van der Waals surface area contributed by atoms with E-state index in [1.165, 1.54) is 31.5 Å². The molecule has 0 aliphatic carbocycles. The van der Waals surface area contributed by atoms with Crippen molar-refractivity contribution in [2.75, 3.05) is 18.0 Å².